The van der Waals surface area contributed by atoms with Gasteiger partial charge in [0.25, 0.3) is 0 Å². The standard InChI is InChI=1S/C28H28ClFN2O4/c1-36-20-6-8-26-22(16-20)21(10-12-31-26)27(33)9-5-19-11-14-32(17-23(19)28(34)35)13-2-3-18-4-7-24(29)25(30)15-18/h4,6-8,10,12,15-16,19,23,27,33H,5,9,11,13-14,17H2,1H3,(H,34,35)/t19-,23+,27-/m1/s1. The molecule has 1 saturated heterocycles. The summed E-state index contributed by atoms with van der Waals surface area (Å²) in [6, 6.07) is 11.7. The quantitative estimate of drug-likeness (QED) is 0.439. The molecule has 0 unspecified atom stereocenters. The highest BCUT2D eigenvalue weighted by Crippen LogP contribution is 2.33. The third-order valence-electron chi connectivity index (χ3n) is 6.76. The molecular weight excluding hydrogens is 483 g/mol. The van der Waals surface area contributed by atoms with Crippen LogP contribution < -0.4 is 4.74 Å². The summed E-state index contributed by atoms with van der Waals surface area (Å²) in [7, 11) is 1.59. The summed E-state index contributed by atoms with van der Waals surface area (Å²) in [6.45, 7) is 1.49. The Morgan fingerprint density at radius 2 is 2.14 bits per heavy atom. The number of ether oxygens (including phenoxy) is 1. The van der Waals surface area contributed by atoms with Crippen LogP contribution in [0.15, 0.2) is 48.7 Å². The monoisotopic (exact) mass is 510 g/mol. The lowest BCUT2D eigenvalue weighted by atomic mass is 9.81. The molecule has 3 atom stereocenters. The predicted molar refractivity (Wildman–Crippen MR) is 136 cm³/mol. The second-order valence-electron chi connectivity index (χ2n) is 9.04. The lowest BCUT2D eigenvalue weighted by Gasteiger charge is -2.36. The van der Waals surface area contributed by atoms with Gasteiger partial charge in [0, 0.05) is 23.7 Å². The van der Waals surface area contributed by atoms with E-state index in [0.717, 1.165) is 16.5 Å². The summed E-state index contributed by atoms with van der Waals surface area (Å²) in [6.07, 6.45) is 2.68. The maximum Gasteiger partial charge on any atom is 0.308 e. The number of hydrogen-bond acceptors (Lipinski definition) is 5. The smallest absolute Gasteiger partial charge is 0.308 e. The molecule has 0 saturated carbocycles. The van der Waals surface area contributed by atoms with Gasteiger partial charge in [0.15, 0.2) is 0 Å². The van der Waals surface area contributed by atoms with Crippen LogP contribution in [-0.4, -0.2) is 52.8 Å². The van der Waals surface area contributed by atoms with Crippen LogP contribution in [0.5, 0.6) is 5.75 Å². The predicted octanol–water partition coefficient (Wildman–Crippen LogP) is 4.92. The van der Waals surface area contributed by atoms with E-state index in [1.807, 2.05) is 23.1 Å². The lowest BCUT2D eigenvalue weighted by Crippen LogP contribution is -2.44. The molecule has 0 amide bonds. The Labute approximate surface area is 214 Å². The van der Waals surface area contributed by atoms with Gasteiger partial charge < -0.3 is 14.9 Å². The molecule has 0 radical (unpaired) electrons. The van der Waals surface area contributed by atoms with Crippen molar-refractivity contribution >= 4 is 28.5 Å². The Morgan fingerprint density at radius 1 is 1.31 bits per heavy atom. The number of aliphatic hydroxyl groups is 1. The molecule has 4 rings (SSSR count). The third kappa shape index (κ3) is 6.14. The van der Waals surface area contributed by atoms with Crippen LogP contribution in [0.1, 0.15) is 36.5 Å². The van der Waals surface area contributed by atoms with E-state index >= 15 is 0 Å². The number of aromatic nitrogens is 1. The molecule has 1 aliphatic rings. The molecule has 36 heavy (non-hydrogen) atoms. The molecule has 1 aromatic heterocycles. The van der Waals surface area contributed by atoms with E-state index in [0.29, 0.717) is 50.2 Å². The van der Waals surface area contributed by atoms with Crippen LogP contribution >= 0.6 is 11.6 Å². The summed E-state index contributed by atoms with van der Waals surface area (Å²) in [5.41, 5.74) is 2.06. The van der Waals surface area contributed by atoms with Gasteiger partial charge >= 0.3 is 5.97 Å². The van der Waals surface area contributed by atoms with Gasteiger partial charge in [-0.15, -0.1) is 0 Å². The van der Waals surface area contributed by atoms with Gasteiger partial charge in [0.2, 0.25) is 0 Å². The minimum Gasteiger partial charge on any atom is -0.497 e. The summed E-state index contributed by atoms with van der Waals surface area (Å²) in [4.78, 5) is 18.4. The number of halogens is 2. The van der Waals surface area contributed by atoms with E-state index in [9.17, 15) is 19.4 Å². The number of rotatable bonds is 7. The number of methoxy groups -OCH3 is 1. The highest BCUT2D eigenvalue weighted by Gasteiger charge is 2.34. The normalized spacial score (nSPS) is 18.9. The van der Waals surface area contributed by atoms with Crippen LogP contribution in [0.25, 0.3) is 10.9 Å². The van der Waals surface area contributed by atoms with Gasteiger partial charge in [-0.1, -0.05) is 23.4 Å². The molecule has 6 nitrogen and oxygen atoms in total. The maximum absolute atomic E-state index is 13.6. The summed E-state index contributed by atoms with van der Waals surface area (Å²) >= 11 is 5.70. The zero-order valence-corrected chi connectivity index (χ0v) is 20.7. The minimum absolute atomic E-state index is 0.0469. The Balaban J connectivity index is 1.37. The summed E-state index contributed by atoms with van der Waals surface area (Å²) in [5.74, 6) is 4.65. The number of fused-ring (bicyclic) bond motifs is 1. The fraction of sp³-hybridized carbons (Fsp3) is 0.357. The van der Waals surface area contributed by atoms with Crippen molar-refractivity contribution < 1.29 is 24.1 Å². The molecular formula is C28H28ClFN2O4. The van der Waals surface area contributed by atoms with Crippen molar-refractivity contribution in [2.75, 3.05) is 26.7 Å². The topological polar surface area (TPSA) is 82.9 Å². The van der Waals surface area contributed by atoms with Crippen LogP contribution in [0.3, 0.4) is 0 Å². The number of likely N-dealkylation sites (tertiary alicyclic amines) is 1. The minimum atomic E-state index is -0.842. The molecule has 0 aliphatic carbocycles. The molecule has 2 N–H and O–H groups in total. The van der Waals surface area contributed by atoms with Gasteiger partial charge in [-0.25, -0.2) is 4.39 Å². The molecule has 2 aromatic carbocycles. The van der Waals surface area contributed by atoms with Crippen LogP contribution in [0.2, 0.25) is 5.02 Å². The van der Waals surface area contributed by atoms with Crippen LogP contribution in [0.4, 0.5) is 4.39 Å². The van der Waals surface area contributed by atoms with E-state index < -0.39 is 23.8 Å². The maximum atomic E-state index is 13.6. The largest absolute Gasteiger partial charge is 0.497 e. The number of benzene rings is 2. The lowest BCUT2D eigenvalue weighted by molar-refractivity contribution is -0.146. The van der Waals surface area contributed by atoms with Crippen molar-refractivity contribution in [3.8, 4) is 17.6 Å². The SMILES string of the molecule is COc1ccc2nccc([C@H](O)CC[C@@H]3CCN(CC#Cc4ccc(Cl)c(F)c4)C[C@@H]3C(=O)O)c2c1. The molecule has 0 spiro atoms. The second-order valence-corrected chi connectivity index (χ2v) is 9.44. The molecule has 2 heterocycles. The number of piperidine rings is 1. The fourth-order valence-corrected chi connectivity index (χ4v) is 4.87. The number of carboxylic acid groups (broad SMARTS) is 1. The zero-order chi connectivity index (χ0) is 25.7. The van der Waals surface area contributed by atoms with E-state index in [1.165, 1.54) is 12.1 Å². The highest BCUT2D eigenvalue weighted by atomic mass is 35.5. The molecule has 3 aromatic rings. The van der Waals surface area contributed by atoms with Gasteiger partial charge in [0.1, 0.15) is 11.6 Å². The van der Waals surface area contributed by atoms with Crippen molar-refractivity contribution in [1.29, 1.82) is 0 Å². The number of carboxylic acids is 1. The number of aliphatic carboxylic acids is 1. The van der Waals surface area contributed by atoms with Crippen molar-refractivity contribution in [2.24, 2.45) is 11.8 Å². The molecule has 1 fully saturated rings. The first kappa shape index (κ1) is 25.9. The van der Waals surface area contributed by atoms with Gasteiger partial charge in [-0.2, -0.15) is 0 Å². The van der Waals surface area contributed by atoms with Gasteiger partial charge in [0.05, 0.1) is 36.2 Å². The first-order valence-corrected chi connectivity index (χ1v) is 12.2. The number of nitrogens with zero attached hydrogens (tertiary/aromatic N) is 2. The molecule has 0 bridgehead atoms. The number of pyridine rings is 1. The van der Waals surface area contributed by atoms with E-state index in [2.05, 4.69) is 16.8 Å². The first-order chi connectivity index (χ1) is 17.4. The Kier molecular flexibility index (Phi) is 8.42. The zero-order valence-electron chi connectivity index (χ0n) is 20.0. The summed E-state index contributed by atoms with van der Waals surface area (Å²) < 4.78 is 18.9. The van der Waals surface area contributed by atoms with Crippen molar-refractivity contribution in [1.82, 2.24) is 9.88 Å². The number of aliphatic hydroxyl groups excluding tert-OH is 1. The van der Waals surface area contributed by atoms with E-state index in [4.69, 9.17) is 16.3 Å². The highest BCUT2D eigenvalue weighted by molar-refractivity contribution is 6.30. The van der Waals surface area contributed by atoms with Gasteiger partial charge in [-0.05, 0) is 79.8 Å². The Morgan fingerprint density at radius 3 is 2.89 bits per heavy atom. The number of hydrogen-bond donors (Lipinski definition) is 2. The fourth-order valence-electron chi connectivity index (χ4n) is 4.76. The van der Waals surface area contributed by atoms with E-state index in [1.54, 1.807) is 25.4 Å². The number of carbonyl (C=O) groups is 1. The average Bonchev–Trinajstić information content (AvgIpc) is 2.88. The molecule has 8 heteroatoms. The Hall–Kier alpha value is -3.18. The van der Waals surface area contributed by atoms with Gasteiger partial charge in [-0.3, -0.25) is 14.7 Å². The second kappa shape index (κ2) is 11.7. The third-order valence-corrected chi connectivity index (χ3v) is 7.07. The van der Waals surface area contributed by atoms with E-state index in [-0.39, 0.29) is 10.9 Å². The van der Waals surface area contributed by atoms with Crippen molar-refractivity contribution in [3.63, 3.8) is 0 Å². The van der Waals surface area contributed by atoms with Crippen LogP contribution in [-0.2, 0) is 4.79 Å². The van der Waals surface area contributed by atoms with Crippen LogP contribution in [0, 0.1) is 29.5 Å². The van der Waals surface area contributed by atoms with Crippen molar-refractivity contribution in [2.45, 2.75) is 25.4 Å². The summed E-state index contributed by atoms with van der Waals surface area (Å²) in [5, 5.41) is 21.7. The molecule has 188 valence electrons. The first-order valence-electron chi connectivity index (χ1n) is 11.9. The van der Waals surface area contributed by atoms with Crippen molar-refractivity contribution in [3.05, 3.63) is 70.6 Å². The Bertz CT molecular complexity index is 1310. The molecule has 1 aliphatic heterocycles. The average molecular weight is 511 g/mol.